The average Bonchev–Trinajstić information content (AvgIpc) is 3.16. The largest absolute Gasteiger partial charge is 0.354 e. The first-order valence-corrected chi connectivity index (χ1v) is 10.6. The van der Waals surface area contributed by atoms with Gasteiger partial charge in [-0.15, -0.1) is 0 Å². The molecular weight excluding hydrogens is 400 g/mol. The van der Waals surface area contributed by atoms with Gasteiger partial charge in [0.25, 0.3) is 5.91 Å². The van der Waals surface area contributed by atoms with Gasteiger partial charge < -0.3 is 15.5 Å². The number of likely N-dealkylation sites (N-methyl/N-ethyl adjacent to an activating group) is 1. The van der Waals surface area contributed by atoms with Crippen LogP contribution in [0.2, 0.25) is 5.02 Å². The Labute approximate surface area is 180 Å². The number of carbonyl (C=O) groups is 1. The molecule has 154 valence electrons. The molecule has 2 aliphatic heterocycles. The molecule has 30 heavy (non-hydrogen) atoms. The van der Waals surface area contributed by atoms with Gasteiger partial charge in [0.1, 0.15) is 5.82 Å². The smallest absolute Gasteiger partial charge is 0.253 e. The van der Waals surface area contributed by atoms with E-state index in [0.29, 0.717) is 17.4 Å². The summed E-state index contributed by atoms with van der Waals surface area (Å²) in [5.41, 5.74) is 5.61. The van der Waals surface area contributed by atoms with E-state index in [0.717, 1.165) is 47.6 Å². The molecule has 4 heterocycles. The summed E-state index contributed by atoms with van der Waals surface area (Å²) >= 11 is 6.43. The van der Waals surface area contributed by atoms with Crippen LogP contribution < -0.4 is 10.6 Å². The summed E-state index contributed by atoms with van der Waals surface area (Å²) in [5.74, 6) is 0.748. The lowest BCUT2D eigenvalue weighted by Crippen LogP contribution is -2.34. The quantitative estimate of drug-likeness (QED) is 0.652. The average molecular weight is 423 g/mol. The molecule has 0 atom stereocenters. The number of halogens is 1. The minimum Gasteiger partial charge on any atom is -0.354 e. The van der Waals surface area contributed by atoms with Crippen molar-refractivity contribution in [2.45, 2.75) is 32.2 Å². The van der Waals surface area contributed by atoms with Crippen LogP contribution >= 0.6 is 11.6 Å². The third-order valence-corrected chi connectivity index (χ3v) is 6.12. The van der Waals surface area contributed by atoms with Crippen molar-refractivity contribution in [1.82, 2.24) is 19.7 Å². The minimum absolute atomic E-state index is 0.0501. The standard InChI is InChI=1S/C22H23ClN6O/c1-28-10-8-14-15(22(28)30)5-4-6-17(14)26-18-11-21(24-12-16(18)23)27-19-13-25-29-9-3-2-7-20(19)29/h4-6,11-13H,2-3,7-10H2,1H3,(H2,24,26,27). The maximum atomic E-state index is 12.5. The molecule has 0 unspecified atom stereocenters. The molecule has 0 fully saturated rings. The number of amides is 1. The highest BCUT2D eigenvalue weighted by Crippen LogP contribution is 2.33. The minimum atomic E-state index is 0.0501. The summed E-state index contributed by atoms with van der Waals surface area (Å²) in [4.78, 5) is 18.7. The fourth-order valence-electron chi connectivity index (χ4n) is 4.17. The molecule has 0 radical (unpaired) electrons. The van der Waals surface area contributed by atoms with Crippen LogP contribution in [0.4, 0.5) is 22.9 Å². The van der Waals surface area contributed by atoms with Gasteiger partial charge in [0.2, 0.25) is 0 Å². The first-order valence-electron chi connectivity index (χ1n) is 10.2. The Balaban J connectivity index is 1.43. The Bertz CT molecular complexity index is 1120. The zero-order chi connectivity index (χ0) is 20.7. The first-order chi connectivity index (χ1) is 14.6. The molecule has 7 nitrogen and oxygen atoms in total. The second-order valence-electron chi connectivity index (χ2n) is 7.79. The molecule has 2 aliphatic rings. The van der Waals surface area contributed by atoms with E-state index in [4.69, 9.17) is 11.6 Å². The fraction of sp³-hybridized carbons (Fsp3) is 0.318. The molecule has 2 N–H and O–H groups in total. The van der Waals surface area contributed by atoms with Gasteiger partial charge >= 0.3 is 0 Å². The Morgan fingerprint density at radius 1 is 1.03 bits per heavy atom. The number of aromatic nitrogens is 3. The number of nitrogens with zero attached hydrogens (tertiary/aromatic N) is 4. The van der Waals surface area contributed by atoms with Gasteiger partial charge in [-0.3, -0.25) is 9.48 Å². The Kier molecular flexibility index (Phi) is 4.83. The number of nitrogens with one attached hydrogen (secondary N) is 2. The molecule has 3 aromatic rings. The van der Waals surface area contributed by atoms with E-state index >= 15 is 0 Å². The van der Waals surface area contributed by atoms with Gasteiger partial charge in [-0.2, -0.15) is 5.10 Å². The highest BCUT2D eigenvalue weighted by Gasteiger charge is 2.23. The number of hydrogen-bond acceptors (Lipinski definition) is 5. The van der Waals surface area contributed by atoms with Gasteiger partial charge in [-0.05, 0) is 43.4 Å². The number of carbonyl (C=O) groups excluding carboxylic acids is 1. The van der Waals surface area contributed by atoms with E-state index < -0.39 is 0 Å². The highest BCUT2D eigenvalue weighted by molar-refractivity contribution is 6.33. The van der Waals surface area contributed by atoms with E-state index in [1.165, 1.54) is 18.5 Å². The Hall–Kier alpha value is -3.06. The molecule has 1 aromatic carbocycles. The number of aryl methyl sites for hydroxylation is 1. The fourth-order valence-corrected chi connectivity index (χ4v) is 4.32. The number of anilines is 4. The van der Waals surface area contributed by atoms with Gasteiger partial charge in [-0.25, -0.2) is 4.98 Å². The summed E-state index contributed by atoms with van der Waals surface area (Å²) < 4.78 is 2.06. The maximum Gasteiger partial charge on any atom is 0.253 e. The lowest BCUT2D eigenvalue weighted by Gasteiger charge is -2.27. The number of pyridine rings is 1. The molecule has 1 amide bonds. The zero-order valence-electron chi connectivity index (χ0n) is 16.8. The van der Waals surface area contributed by atoms with Gasteiger partial charge in [0, 0.05) is 37.5 Å². The van der Waals surface area contributed by atoms with Gasteiger partial charge in [0.15, 0.2) is 0 Å². The molecular formula is C22H23ClN6O. The van der Waals surface area contributed by atoms with Crippen LogP contribution in [0.25, 0.3) is 0 Å². The topological polar surface area (TPSA) is 75.1 Å². The first kappa shape index (κ1) is 18.9. The van der Waals surface area contributed by atoms with Gasteiger partial charge in [-0.1, -0.05) is 17.7 Å². The molecule has 0 aliphatic carbocycles. The van der Waals surface area contributed by atoms with Crippen molar-refractivity contribution in [3.05, 3.63) is 58.5 Å². The summed E-state index contributed by atoms with van der Waals surface area (Å²) in [6.45, 7) is 1.67. The molecule has 5 rings (SSSR count). The number of rotatable bonds is 4. The summed E-state index contributed by atoms with van der Waals surface area (Å²) in [6, 6.07) is 7.65. The van der Waals surface area contributed by atoms with Crippen molar-refractivity contribution >= 4 is 40.4 Å². The third-order valence-electron chi connectivity index (χ3n) is 5.82. The number of benzene rings is 1. The molecule has 0 bridgehead atoms. The van der Waals surface area contributed by atoms with E-state index in [2.05, 4.69) is 25.4 Å². The monoisotopic (exact) mass is 422 g/mol. The van der Waals surface area contributed by atoms with E-state index in [9.17, 15) is 4.79 Å². The number of fused-ring (bicyclic) bond motifs is 2. The SMILES string of the molecule is CN1CCc2c(Nc3cc(Nc4cnn5c4CCCC5)ncc3Cl)cccc2C1=O. The summed E-state index contributed by atoms with van der Waals surface area (Å²) in [5, 5.41) is 11.8. The van der Waals surface area contributed by atoms with Crippen molar-refractivity contribution in [3.63, 3.8) is 0 Å². The molecule has 8 heteroatoms. The normalized spacial score (nSPS) is 15.5. The zero-order valence-corrected chi connectivity index (χ0v) is 17.5. The molecule has 0 spiro atoms. The van der Waals surface area contributed by atoms with Crippen molar-refractivity contribution in [1.29, 1.82) is 0 Å². The van der Waals surface area contributed by atoms with E-state index in [-0.39, 0.29) is 5.91 Å². The van der Waals surface area contributed by atoms with Crippen molar-refractivity contribution in [2.24, 2.45) is 0 Å². The highest BCUT2D eigenvalue weighted by atomic mass is 35.5. The second-order valence-corrected chi connectivity index (χ2v) is 8.20. The van der Waals surface area contributed by atoms with Crippen LogP contribution in [0, 0.1) is 0 Å². The lowest BCUT2D eigenvalue weighted by atomic mass is 9.97. The predicted octanol–water partition coefficient (Wildman–Crippen LogP) is 4.38. The predicted molar refractivity (Wildman–Crippen MR) is 118 cm³/mol. The number of hydrogen-bond donors (Lipinski definition) is 2. The third kappa shape index (κ3) is 3.39. The summed E-state index contributed by atoms with van der Waals surface area (Å²) in [7, 11) is 1.83. The van der Waals surface area contributed by atoms with Crippen LogP contribution in [0.5, 0.6) is 0 Å². The van der Waals surface area contributed by atoms with Crippen LogP contribution in [0.3, 0.4) is 0 Å². The molecule has 2 aromatic heterocycles. The summed E-state index contributed by atoms with van der Waals surface area (Å²) in [6.07, 6.45) is 7.66. The van der Waals surface area contributed by atoms with Crippen LogP contribution in [0.1, 0.15) is 34.5 Å². The Morgan fingerprint density at radius 2 is 1.93 bits per heavy atom. The molecule has 0 saturated heterocycles. The lowest BCUT2D eigenvalue weighted by molar-refractivity contribution is 0.0781. The second kappa shape index (κ2) is 7.65. The molecule has 0 saturated carbocycles. The van der Waals surface area contributed by atoms with Crippen LogP contribution in [-0.2, 0) is 19.4 Å². The van der Waals surface area contributed by atoms with Crippen molar-refractivity contribution in [3.8, 4) is 0 Å². The Morgan fingerprint density at radius 3 is 2.83 bits per heavy atom. The maximum absolute atomic E-state index is 12.5. The van der Waals surface area contributed by atoms with Crippen LogP contribution in [0.15, 0.2) is 36.7 Å². The van der Waals surface area contributed by atoms with Gasteiger partial charge in [0.05, 0.1) is 34.5 Å². The van der Waals surface area contributed by atoms with E-state index in [1.54, 1.807) is 11.1 Å². The van der Waals surface area contributed by atoms with Crippen LogP contribution in [-0.4, -0.2) is 39.2 Å². The van der Waals surface area contributed by atoms with Crippen molar-refractivity contribution < 1.29 is 4.79 Å². The van der Waals surface area contributed by atoms with E-state index in [1.807, 2.05) is 37.5 Å². The van der Waals surface area contributed by atoms with Crippen molar-refractivity contribution in [2.75, 3.05) is 24.2 Å².